The molecule has 0 aromatic carbocycles. The second kappa shape index (κ2) is 6.08. The van der Waals surface area contributed by atoms with Crippen molar-refractivity contribution in [3.63, 3.8) is 0 Å². The Morgan fingerprint density at radius 3 is 2.73 bits per heavy atom. The molecule has 0 saturated carbocycles. The lowest BCUT2D eigenvalue weighted by molar-refractivity contribution is -0.138. The van der Waals surface area contributed by atoms with Gasteiger partial charge in [-0.1, -0.05) is 20.3 Å². The lowest BCUT2D eigenvalue weighted by Crippen LogP contribution is -2.50. The summed E-state index contributed by atoms with van der Waals surface area (Å²) in [4.78, 5) is 12.7. The lowest BCUT2D eigenvalue weighted by atomic mass is 9.92. The molecule has 0 spiro atoms. The average Bonchev–Trinajstić information content (AvgIpc) is 2.16. The normalized spacial score (nSPS) is 27.9. The fourth-order valence-corrected chi connectivity index (χ4v) is 2.36. The third-order valence-corrected chi connectivity index (χ3v) is 3.04. The minimum absolute atomic E-state index is 0.179. The standard InChI is InChI=1S/C11H22N2O2/c1-3-9-5-10(12-4-2)7-13(6-9)8-11(14)15/h9-10,12H,3-8H2,1-2H3,(H,14,15). The molecule has 1 heterocycles. The number of aliphatic carboxylic acids is 1. The summed E-state index contributed by atoms with van der Waals surface area (Å²) in [6.45, 7) is 7.22. The van der Waals surface area contributed by atoms with Gasteiger partial charge in [0.25, 0.3) is 0 Å². The zero-order valence-corrected chi connectivity index (χ0v) is 9.70. The molecule has 0 aromatic heterocycles. The van der Waals surface area contributed by atoms with Crippen LogP contribution < -0.4 is 5.32 Å². The van der Waals surface area contributed by atoms with Crippen molar-refractivity contribution in [2.75, 3.05) is 26.2 Å². The molecule has 0 amide bonds. The predicted molar refractivity (Wildman–Crippen MR) is 59.9 cm³/mol. The van der Waals surface area contributed by atoms with Crippen LogP contribution >= 0.6 is 0 Å². The van der Waals surface area contributed by atoms with Crippen LogP contribution in [-0.2, 0) is 4.79 Å². The molecule has 0 bridgehead atoms. The quantitative estimate of drug-likeness (QED) is 0.710. The minimum Gasteiger partial charge on any atom is -0.480 e. The van der Waals surface area contributed by atoms with Gasteiger partial charge in [0.1, 0.15) is 0 Å². The SMILES string of the molecule is CCNC1CC(CC)CN(CC(=O)O)C1. The number of nitrogens with one attached hydrogen (secondary N) is 1. The fourth-order valence-electron chi connectivity index (χ4n) is 2.36. The highest BCUT2D eigenvalue weighted by molar-refractivity contribution is 5.69. The first kappa shape index (κ1) is 12.5. The molecular formula is C11H22N2O2. The molecule has 0 radical (unpaired) electrons. The summed E-state index contributed by atoms with van der Waals surface area (Å²) in [7, 11) is 0. The highest BCUT2D eigenvalue weighted by Crippen LogP contribution is 2.19. The maximum absolute atomic E-state index is 10.7. The first-order valence-electron chi connectivity index (χ1n) is 5.83. The van der Waals surface area contributed by atoms with Crippen molar-refractivity contribution in [3.05, 3.63) is 0 Å². The zero-order valence-electron chi connectivity index (χ0n) is 9.70. The van der Waals surface area contributed by atoms with Crippen LogP contribution in [0.25, 0.3) is 0 Å². The highest BCUT2D eigenvalue weighted by Gasteiger charge is 2.26. The molecule has 2 atom stereocenters. The molecule has 2 N–H and O–H groups in total. The van der Waals surface area contributed by atoms with E-state index in [0.717, 1.165) is 26.1 Å². The van der Waals surface area contributed by atoms with Crippen LogP contribution in [0.4, 0.5) is 0 Å². The van der Waals surface area contributed by atoms with Crippen molar-refractivity contribution in [2.24, 2.45) is 5.92 Å². The van der Waals surface area contributed by atoms with Crippen LogP contribution in [-0.4, -0.2) is 48.2 Å². The van der Waals surface area contributed by atoms with Crippen molar-refractivity contribution in [3.8, 4) is 0 Å². The second-order valence-electron chi connectivity index (χ2n) is 4.35. The predicted octanol–water partition coefficient (Wildman–Crippen LogP) is 0.781. The number of likely N-dealkylation sites (tertiary alicyclic amines) is 1. The molecule has 1 aliphatic rings. The Hall–Kier alpha value is -0.610. The summed E-state index contributed by atoms with van der Waals surface area (Å²) >= 11 is 0. The summed E-state index contributed by atoms with van der Waals surface area (Å²) in [5.41, 5.74) is 0. The molecule has 2 unspecified atom stereocenters. The maximum Gasteiger partial charge on any atom is 0.317 e. The first-order valence-corrected chi connectivity index (χ1v) is 5.83. The van der Waals surface area contributed by atoms with E-state index in [-0.39, 0.29) is 6.54 Å². The Bertz CT molecular complexity index is 209. The van der Waals surface area contributed by atoms with E-state index in [1.807, 2.05) is 4.90 Å². The number of rotatable bonds is 5. The average molecular weight is 214 g/mol. The number of carboxylic acid groups (broad SMARTS) is 1. The van der Waals surface area contributed by atoms with Crippen molar-refractivity contribution >= 4 is 5.97 Å². The molecule has 1 aliphatic heterocycles. The molecule has 1 rings (SSSR count). The number of carbonyl (C=O) groups is 1. The Kier molecular flexibility index (Phi) is 5.05. The summed E-state index contributed by atoms with van der Waals surface area (Å²) in [5.74, 6) is -0.0795. The van der Waals surface area contributed by atoms with Crippen LogP contribution in [0.3, 0.4) is 0 Å². The summed E-state index contributed by atoms with van der Waals surface area (Å²) in [6.07, 6.45) is 2.32. The minimum atomic E-state index is -0.720. The van der Waals surface area contributed by atoms with E-state index >= 15 is 0 Å². The molecule has 4 heteroatoms. The van der Waals surface area contributed by atoms with Gasteiger partial charge in [-0.3, -0.25) is 9.69 Å². The van der Waals surface area contributed by atoms with Gasteiger partial charge >= 0.3 is 5.97 Å². The molecule has 1 saturated heterocycles. The Morgan fingerprint density at radius 1 is 1.47 bits per heavy atom. The van der Waals surface area contributed by atoms with Gasteiger partial charge < -0.3 is 10.4 Å². The van der Waals surface area contributed by atoms with E-state index in [1.165, 1.54) is 6.42 Å². The van der Waals surface area contributed by atoms with Gasteiger partial charge in [0, 0.05) is 19.1 Å². The van der Waals surface area contributed by atoms with Crippen LogP contribution in [0.15, 0.2) is 0 Å². The van der Waals surface area contributed by atoms with E-state index in [0.29, 0.717) is 12.0 Å². The topological polar surface area (TPSA) is 52.6 Å². The molecule has 0 aliphatic carbocycles. The van der Waals surface area contributed by atoms with E-state index in [9.17, 15) is 4.79 Å². The van der Waals surface area contributed by atoms with Crippen LogP contribution in [0.5, 0.6) is 0 Å². The molecular weight excluding hydrogens is 192 g/mol. The van der Waals surface area contributed by atoms with Gasteiger partial charge in [0.05, 0.1) is 6.54 Å². The Balaban J connectivity index is 2.46. The molecule has 4 nitrogen and oxygen atoms in total. The third kappa shape index (κ3) is 4.18. The fraction of sp³-hybridized carbons (Fsp3) is 0.909. The Morgan fingerprint density at radius 2 is 2.20 bits per heavy atom. The van der Waals surface area contributed by atoms with E-state index < -0.39 is 5.97 Å². The van der Waals surface area contributed by atoms with Crippen molar-refractivity contribution in [1.29, 1.82) is 0 Å². The van der Waals surface area contributed by atoms with Crippen LogP contribution in [0.2, 0.25) is 0 Å². The van der Waals surface area contributed by atoms with Gasteiger partial charge in [-0.05, 0) is 18.9 Å². The summed E-state index contributed by atoms with van der Waals surface area (Å²) in [6, 6.07) is 0.466. The maximum atomic E-state index is 10.7. The van der Waals surface area contributed by atoms with Crippen molar-refractivity contribution < 1.29 is 9.90 Å². The number of likely N-dealkylation sites (N-methyl/N-ethyl adjacent to an activating group) is 1. The summed E-state index contributed by atoms with van der Waals surface area (Å²) < 4.78 is 0. The number of hydrogen-bond donors (Lipinski definition) is 2. The van der Waals surface area contributed by atoms with E-state index in [4.69, 9.17) is 5.11 Å². The van der Waals surface area contributed by atoms with Crippen molar-refractivity contribution in [2.45, 2.75) is 32.7 Å². The Labute approximate surface area is 91.6 Å². The number of carboxylic acids is 1. The monoisotopic (exact) mass is 214 g/mol. The smallest absolute Gasteiger partial charge is 0.317 e. The van der Waals surface area contributed by atoms with E-state index in [1.54, 1.807) is 0 Å². The van der Waals surface area contributed by atoms with Gasteiger partial charge in [-0.15, -0.1) is 0 Å². The van der Waals surface area contributed by atoms with Gasteiger partial charge in [0.2, 0.25) is 0 Å². The number of nitrogens with zero attached hydrogens (tertiary/aromatic N) is 1. The third-order valence-electron chi connectivity index (χ3n) is 3.04. The summed E-state index contributed by atoms with van der Waals surface area (Å²) in [5, 5.41) is 12.2. The van der Waals surface area contributed by atoms with Crippen LogP contribution in [0, 0.1) is 5.92 Å². The lowest BCUT2D eigenvalue weighted by Gasteiger charge is -2.37. The van der Waals surface area contributed by atoms with Gasteiger partial charge in [-0.2, -0.15) is 0 Å². The molecule has 1 fully saturated rings. The number of hydrogen-bond acceptors (Lipinski definition) is 3. The van der Waals surface area contributed by atoms with Crippen LogP contribution in [0.1, 0.15) is 26.7 Å². The first-order chi connectivity index (χ1) is 7.15. The highest BCUT2D eigenvalue weighted by atomic mass is 16.4. The molecule has 15 heavy (non-hydrogen) atoms. The van der Waals surface area contributed by atoms with Crippen molar-refractivity contribution in [1.82, 2.24) is 10.2 Å². The van der Waals surface area contributed by atoms with Gasteiger partial charge in [0.15, 0.2) is 0 Å². The molecule has 0 aromatic rings. The molecule has 88 valence electrons. The largest absolute Gasteiger partial charge is 0.480 e. The van der Waals surface area contributed by atoms with Gasteiger partial charge in [-0.25, -0.2) is 0 Å². The second-order valence-corrected chi connectivity index (χ2v) is 4.35. The zero-order chi connectivity index (χ0) is 11.3. The number of piperidine rings is 1. The van der Waals surface area contributed by atoms with E-state index in [2.05, 4.69) is 19.2 Å².